The number of nitrogen functional groups attached to an aromatic ring is 1. The van der Waals surface area contributed by atoms with E-state index in [9.17, 15) is 9.59 Å². The summed E-state index contributed by atoms with van der Waals surface area (Å²) in [5.74, 6) is 0.609. The Labute approximate surface area is 193 Å². The first-order valence-corrected chi connectivity index (χ1v) is 11.0. The maximum absolute atomic E-state index is 12.6. The Morgan fingerprint density at radius 1 is 1.06 bits per heavy atom. The highest BCUT2D eigenvalue weighted by molar-refractivity contribution is 6.05. The molecule has 170 valence electrons. The molecule has 0 heterocycles. The topological polar surface area (TPSA) is 105 Å². The minimum atomic E-state index is -0.205. The van der Waals surface area contributed by atoms with E-state index in [1.165, 1.54) is 0 Å². The standard InChI is InChI=1S/C26H28N4O3/c1-33-20-10-6-17(7-11-20)14-15-28-26(32)30-23-13-9-18-16-19(8-12-21(18)23)25(31)29-24-5-3-2-4-22(24)27/h2-8,10-12,16,23H,9,13-15,27H2,1H3,(H,29,31)(H2,28,30,32). The Morgan fingerprint density at radius 3 is 2.61 bits per heavy atom. The quantitative estimate of drug-likeness (QED) is 0.413. The van der Waals surface area contributed by atoms with E-state index in [0.29, 0.717) is 23.5 Å². The van der Waals surface area contributed by atoms with E-state index in [1.807, 2.05) is 48.5 Å². The predicted molar refractivity (Wildman–Crippen MR) is 130 cm³/mol. The maximum atomic E-state index is 12.6. The fourth-order valence-electron chi connectivity index (χ4n) is 4.04. The summed E-state index contributed by atoms with van der Waals surface area (Å²) in [6.45, 7) is 0.541. The zero-order valence-electron chi connectivity index (χ0n) is 18.6. The third-order valence-corrected chi connectivity index (χ3v) is 5.86. The van der Waals surface area contributed by atoms with Gasteiger partial charge in [0.2, 0.25) is 0 Å². The minimum Gasteiger partial charge on any atom is -0.497 e. The van der Waals surface area contributed by atoms with Gasteiger partial charge in [0.15, 0.2) is 0 Å². The van der Waals surface area contributed by atoms with Crippen molar-refractivity contribution in [3.63, 3.8) is 0 Å². The van der Waals surface area contributed by atoms with Crippen molar-refractivity contribution in [3.8, 4) is 5.75 Å². The summed E-state index contributed by atoms with van der Waals surface area (Å²) < 4.78 is 5.16. The molecule has 0 fully saturated rings. The molecule has 1 aliphatic carbocycles. The summed E-state index contributed by atoms with van der Waals surface area (Å²) in [7, 11) is 1.64. The largest absolute Gasteiger partial charge is 0.497 e. The smallest absolute Gasteiger partial charge is 0.315 e. The summed E-state index contributed by atoms with van der Waals surface area (Å²) in [4.78, 5) is 25.0. The molecule has 0 spiro atoms. The van der Waals surface area contributed by atoms with Crippen molar-refractivity contribution in [2.24, 2.45) is 0 Å². The average molecular weight is 445 g/mol. The Bertz CT molecular complexity index is 1140. The van der Waals surface area contributed by atoms with Crippen LogP contribution in [0.1, 0.15) is 39.5 Å². The lowest BCUT2D eigenvalue weighted by molar-refractivity contribution is 0.102. The fourth-order valence-corrected chi connectivity index (χ4v) is 4.04. The lowest BCUT2D eigenvalue weighted by Crippen LogP contribution is -2.38. The van der Waals surface area contributed by atoms with Crippen molar-refractivity contribution in [1.29, 1.82) is 0 Å². The van der Waals surface area contributed by atoms with E-state index in [0.717, 1.165) is 41.7 Å². The first-order valence-electron chi connectivity index (χ1n) is 11.0. The van der Waals surface area contributed by atoms with Crippen molar-refractivity contribution < 1.29 is 14.3 Å². The van der Waals surface area contributed by atoms with Gasteiger partial charge in [0.1, 0.15) is 5.75 Å². The second-order valence-electron chi connectivity index (χ2n) is 8.04. The number of amides is 3. The first-order chi connectivity index (χ1) is 16.0. The lowest BCUT2D eigenvalue weighted by Gasteiger charge is -2.15. The van der Waals surface area contributed by atoms with Gasteiger partial charge in [-0.3, -0.25) is 4.79 Å². The van der Waals surface area contributed by atoms with Crippen LogP contribution in [0.4, 0.5) is 16.2 Å². The van der Waals surface area contributed by atoms with Crippen molar-refractivity contribution >= 4 is 23.3 Å². The molecule has 3 aromatic carbocycles. The number of rotatable bonds is 7. The van der Waals surface area contributed by atoms with E-state index >= 15 is 0 Å². The van der Waals surface area contributed by atoms with E-state index in [2.05, 4.69) is 16.0 Å². The molecule has 1 unspecified atom stereocenters. The minimum absolute atomic E-state index is 0.0668. The highest BCUT2D eigenvalue weighted by Gasteiger charge is 2.25. The van der Waals surface area contributed by atoms with Crippen LogP contribution < -0.4 is 26.4 Å². The second-order valence-corrected chi connectivity index (χ2v) is 8.04. The maximum Gasteiger partial charge on any atom is 0.315 e. The van der Waals surface area contributed by atoms with Crippen molar-refractivity contribution in [1.82, 2.24) is 10.6 Å². The number of nitrogens with two attached hydrogens (primary N) is 1. The number of nitrogens with one attached hydrogen (secondary N) is 3. The number of fused-ring (bicyclic) bond motifs is 1. The van der Waals surface area contributed by atoms with Crippen molar-refractivity contribution in [3.05, 3.63) is 89.0 Å². The molecule has 0 aliphatic heterocycles. The fraction of sp³-hybridized carbons (Fsp3) is 0.231. The number of carbonyl (C=O) groups is 2. The second kappa shape index (κ2) is 10.1. The van der Waals surface area contributed by atoms with Crippen LogP contribution in [0, 0.1) is 0 Å². The van der Waals surface area contributed by atoms with Gasteiger partial charge in [-0.15, -0.1) is 0 Å². The van der Waals surface area contributed by atoms with Crippen molar-refractivity contribution in [2.45, 2.75) is 25.3 Å². The van der Waals surface area contributed by atoms with Crippen LogP contribution in [0.2, 0.25) is 0 Å². The van der Waals surface area contributed by atoms with Crippen LogP contribution in [0.25, 0.3) is 0 Å². The summed E-state index contributed by atoms with van der Waals surface area (Å²) in [6, 6.07) is 20.3. The normalized spacial score (nSPS) is 14.3. The van der Waals surface area contributed by atoms with E-state index in [4.69, 9.17) is 10.5 Å². The molecule has 1 aliphatic rings. The lowest BCUT2D eigenvalue weighted by atomic mass is 10.0. The van der Waals surface area contributed by atoms with Crippen LogP contribution in [0.3, 0.4) is 0 Å². The van der Waals surface area contributed by atoms with Crippen LogP contribution in [0.15, 0.2) is 66.7 Å². The molecule has 5 N–H and O–H groups in total. The highest BCUT2D eigenvalue weighted by Crippen LogP contribution is 2.32. The molecule has 33 heavy (non-hydrogen) atoms. The summed E-state index contributed by atoms with van der Waals surface area (Å²) in [6.07, 6.45) is 2.35. The molecule has 1 atom stereocenters. The summed E-state index contributed by atoms with van der Waals surface area (Å²) in [5.41, 5.74) is 10.9. The Hall–Kier alpha value is -4.00. The Morgan fingerprint density at radius 2 is 1.85 bits per heavy atom. The zero-order valence-corrected chi connectivity index (χ0v) is 18.6. The van der Waals surface area contributed by atoms with Crippen molar-refractivity contribution in [2.75, 3.05) is 24.7 Å². The Kier molecular flexibility index (Phi) is 6.78. The number of benzene rings is 3. The predicted octanol–water partition coefficient (Wildman–Crippen LogP) is 4.06. The molecule has 0 radical (unpaired) electrons. The zero-order chi connectivity index (χ0) is 23.2. The first kappa shape index (κ1) is 22.2. The molecule has 0 saturated heterocycles. The van der Waals surface area contributed by atoms with Gasteiger partial charge in [-0.25, -0.2) is 4.79 Å². The molecule has 0 saturated carbocycles. The van der Waals surface area contributed by atoms with Crippen LogP contribution in [-0.4, -0.2) is 25.6 Å². The third-order valence-electron chi connectivity index (χ3n) is 5.86. The number of hydrogen-bond acceptors (Lipinski definition) is 4. The van der Waals surface area contributed by atoms with Crippen LogP contribution in [0.5, 0.6) is 5.75 Å². The van der Waals surface area contributed by atoms with E-state index in [1.54, 1.807) is 25.3 Å². The number of carbonyl (C=O) groups excluding carboxylic acids is 2. The molecular formula is C26H28N4O3. The third kappa shape index (κ3) is 5.44. The number of ether oxygens (including phenoxy) is 1. The average Bonchev–Trinajstić information content (AvgIpc) is 3.22. The van der Waals surface area contributed by atoms with E-state index < -0.39 is 0 Å². The molecule has 0 aromatic heterocycles. The van der Waals surface area contributed by atoms with Gasteiger partial charge in [-0.2, -0.15) is 0 Å². The molecule has 4 rings (SSSR count). The van der Waals surface area contributed by atoms with Gasteiger partial charge < -0.3 is 26.4 Å². The monoisotopic (exact) mass is 444 g/mol. The summed E-state index contributed by atoms with van der Waals surface area (Å²) in [5, 5.41) is 8.82. The number of hydrogen-bond donors (Lipinski definition) is 4. The number of para-hydroxylation sites is 2. The number of anilines is 2. The highest BCUT2D eigenvalue weighted by atomic mass is 16.5. The van der Waals surface area contributed by atoms with Gasteiger partial charge in [-0.05, 0) is 72.4 Å². The van der Waals surface area contributed by atoms with Gasteiger partial charge in [0.05, 0.1) is 24.5 Å². The van der Waals surface area contributed by atoms with Gasteiger partial charge in [0, 0.05) is 12.1 Å². The number of urea groups is 1. The van der Waals surface area contributed by atoms with Crippen LogP contribution >= 0.6 is 0 Å². The molecule has 0 bridgehead atoms. The van der Waals surface area contributed by atoms with E-state index in [-0.39, 0.29) is 18.0 Å². The SMILES string of the molecule is COc1ccc(CCNC(=O)NC2CCc3cc(C(=O)Nc4ccccc4N)ccc32)cc1. The molecule has 3 amide bonds. The molecule has 7 nitrogen and oxygen atoms in total. The van der Waals surface area contributed by atoms with Gasteiger partial charge >= 0.3 is 6.03 Å². The summed E-state index contributed by atoms with van der Waals surface area (Å²) >= 11 is 0. The van der Waals surface area contributed by atoms with Crippen LogP contribution in [-0.2, 0) is 12.8 Å². The van der Waals surface area contributed by atoms with Gasteiger partial charge in [-0.1, -0.05) is 30.3 Å². The van der Waals surface area contributed by atoms with Gasteiger partial charge in [0.25, 0.3) is 5.91 Å². The Balaban J connectivity index is 1.30. The molecule has 3 aromatic rings. The number of methoxy groups -OCH3 is 1. The number of aryl methyl sites for hydroxylation is 1. The molecular weight excluding hydrogens is 416 g/mol. The molecule has 7 heteroatoms.